The van der Waals surface area contributed by atoms with E-state index >= 15 is 0 Å². The molecule has 1 aromatic heterocycles. The molecule has 1 heterocycles. The zero-order valence-corrected chi connectivity index (χ0v) is 13.8. The first-order chi connectivity index (χ1) is 10.9. The van der Waals surface area contributed by atoms with Crippen molar-refractivity contribution in [1.82, 2.24) is 10.5 Å². The van der Waals surface area contributed by atoms with Gasteiger partial charge in [0.1, 0.15) is 11.3 Å². The van der Waals surface area contributed by atoms with Gasteiger partial charge in [-0.2, -0.15) is 0 Å². The number of aryl methyl sites for hydroxylation is 2. The lowest BCUT2D eigenvalue weighted by Crippen LogP contribution is -2.27. The van der Waals surface area contributed by atoms with Crippen molar-refractivity contribution in [2.24, 2.45) is 0 Å². The van der Waals surface area contributed by atoms with E-state index in [0.29, 0.717) is 23.4 Å². The number of carbonyl (C=O) groups excluding carboxylic acids is 2. The van der Waals surface area contributed by atoms with Gasteiger partial charge in [-0.15, -0.1) is 0 Å². The van der Waals surface area contributed by atoms with Gasteiger partial charge >= 0.3 is 0 Å². The van der Waals surface area contributed by atoms with E-state index in [1.807, 2.05) is 31.2 Å². The summed E-state index contributed by atoms with van der Waals surface area (Å²) < 4.78 is 5.02. The third kappa shape index (κ3) is 3.97. The molecule has 0 aliphatic rings. The molecule has 2 N–H and O–H groups in total. The second kappa shape index (κ2) is 7.09. The summed E-state index contributed by atoms with van der Waals surface area (Å²) in [6, 6.07) is 7.22. The molecule has 1 unspecified atom stereocenters. The number of anilines is 1. The van der Waals surface area contributed by atoms with Crippen molar-refractivity contribution in [2.75, 3.05) is 5.32 Å². The smallest absolute Gasteiger partial charge is 0.257 e. The van der Waals surface area contributed by atoms with Gasteiger partial charge in [0.25, 0.3) is 5.91 Å². The van der Waals surface area contributed by atoms with Gasteiger partial charge in [-0.1, -0.05) is 24.2 Å². The molecule has 0 aliphatic carbocycles. The molecule has 1 atom stereocenters. The Morgan fingerprint density at radius 2 is 1.87 bits per heavy atom. The molecule has 2 rings (SSSR count). The molecule has 23 heavy (non-hydrogen) atoms. The Labute approximate surface area is 135 Å². The van der Waals surface area contributed by atoms with E-state index < -0.39 is 0 Å². The van der Waals surface area contributed by atoms with Crippen LogP contribution in [-0.2, 0) is 4.79 Å². The number of nitrogens with zero attached hydrogens (tertiary/aromatic N) is 1. The maximum atomic E-state index is 12.3. The number of aromatic nitrogens is 1. The summed E-state index contributed by atoms with van der Waals surface area (Å²) in [7, 11) is 0. The topological polar surface area (TPSA) is 84.2 Å². The van der Waals surface area contributed by atoms with Gasteiger partial charge in [-0.05, 0) is 38.5 Å². The summed E-state index contributed by atoms with van der Waals surface area (Å²) in [5.41, 5.74) is 2.73. The molecule has 0 spiro atoms. The zero-order valence-electron chi connectivity index (χ0n) is 13.8. The Kier molecular flexibility index (Phi) is 5.16. The minimum absolute atomic E-state index is 0.0301. The van der Waals surface area contributed by atoms with Crippen LogP contribution in [-0.4, -0.2) is 17.0 Å². The Hall–Kier alpha value is -2.63. The van der Waals surface area contributed by atoms with Crippen LogP contribution in [0.2, 0.25) is 0 Å². The van der Waals surface area contributed by atoms with Crippen LogP contribution in [0.25, 0.3) is 0 Å². The van der Waals surface area contributed by atoms with Crippen molar-refractivity contribution in [1.29, 1.82) is 0 Å². The average molecular weight is 315 g/mol. The van der Waals surface area contributed by atoms with Crippen molar-refractivity contribution < 1.29 is 14.1 Å². The summed E-state index contributed by atoms with van der Waals surface area (Å²) in [6.07, 6.45) is 0.436. The molecule has 122 valence electrons. The zero-order chi connectivity index (χ0) is 17.0. The molecular formula is C17H21N3O3. The lowest BCUT2D eigenvalue weighted by atomic mass is 10.1. The predicted octanol–water partition coefficient (Wildman–Crippen LogP) is 3.13. The fourth-order valence-electron chi connectivity index (χ4n) is 2.26. The van der Waals surface area contributed by atoms with Crippen LogP contribution < -0.4 is 10.6 Å². The van der Waals surface area contributed by atoms with Crippen LogP contribution in [0.3, 0.4) is 0 Å². The van der Waals surface area contributed by atoms with E-state index in [4.69, 9.17) is 4.52 Å². The number of hydrogen-bond acceptors (Lipinski definition) is 4. The molecule has 0 saturated carbocycles. The Bertz CT molecular complexity index is 685. The van der Waals surface area contributed by atoms with E-state index in [2.05, 4.69) is 15.8 Å². The van der Waals surface area contributed by atoms with Gasteiger partial charge in [0.05, 0.1) is 11.7 Å². The quantitative estimate of drug-likeness (QED) is 0.888. The van der Waals surface area contributed by atoms with Crippen LogP contribution in [0, 0.1) is 13.8 Å². The number of carbonyl (C=O) groups is 2. The van der Waals surface area contributed by atoms with Gasteiger partial charge in [0, 0.05) is 12.1 Å². The van der Waals surface area contributed by atoms with Crippen LogP contribution in [0.1, 0.15) is 53.7 Å². The Morgan fingerprint density at radius 1 is 1.22 bits per heavy atom. The van der Waals surface area contributed by atoms with Crippen LogP contribution in [0.15, 0.2) is 28.8 Å². The largest absolute Gasteiger partial charge is 0.361 e. The molecule has 2 amide bonds. The summed E-state index contributed by atoms with van der Waals surface area (Å²) in [4.78, 5) is 23.7. The highest BCUT2D eigenvalue weighted by molar-refractivity contribution is 5.96. The number of nitrogens with one attached hydrogen (secondary N) is 2. The minimum Gasteiger partial charge on any atom is -0.361 e. The molecule has 0 aliphatic heterocycles. The summed E-state index contributed by atoms with van der Waals surface area (Å²) in [5.74, 6) is 0.263. The van der Waals surface area contributed by atoms with Crippen molar-refractivity contribution >= 4 is 17.5 Å². The molecule has 2 aromatic rings. The highest BCUT2D eigenvalue weighted by Gasteiger charge is 2.19. The third-order valence-corrected chi connectivity index (χ3v) is 3.62. The number of benzene rings is 1. The summed E-state index contributed by atoms with van der Waals surface area (Å²) >= 11 is 0. The lowest BCUT2D eigenvalue weighted by molar-refractivity contribution is -0.115. The van der Waals surface area contributed by atoms with Gasteiger partial charge < -0.3 is 15.2 Å². The molecule has 6 heteroatoms. The highest BCUT2D eigenvalue weighted by atomic mass is 16.5. The van der Waals surface area contributed by atoms with Gasteiger partial charge in [-0.3, -0.25) is 9.59 Å². The molecule has 6 nitrogen and oxygen atoms in total. The highest BCUT2D eigenvalue weighted by Crippen LogP contribution is 2.18. The van der Waals surface area contributed by atoms with Crippen molar-refractivity contribution in [3.05, 3.63) is 46.8 Å². The molecule has 0 bridgehead atoms. The molecule has 0 fully saturated rings. The monoisotopic (exact) mass is 315 g/mol. The van der Waals surface area contributed by atoms with E-state index in [0.717, 1.165) is 11.3 Å². The summed E-state index contributed by atoms with van der Waals surface area (Å²) in [6.45, 7) is 7.15. The normalized spacial score (nSPS) is 11.8. The van der Waals surface area contributed by atoms with Crippen LogP contribution in [0.5, 0.6) is 0 Å². The maximum absolute atomic E-state index is 12.3. The minimum atomic E-state index is -0.211. The first-order valence-corrected chi connectivity index (χ1v) is 7.56. The van der Waals surface area contributed by atoms with E-state index in [9.17, 15) is 9.59 Å². The fourth-order valence-corrected chi connectivity index (χ4v) is 2.26. The SMILES string of the molecule is CCC(=O)Nc1ccc(C(C)NC(=O)c2c(C)noc2C)cc1. The van der Waals surface area contributed by atoms with E-state index in [1.54, 1.807) is 20.8 Å². The first kappa shape index (κ1) is 16.7. The van der Waals surface area contributed by atoms with E-state index in [1.165, 1.54) is 0 Å². The average Bonchev–Trinajstić information content (AvgIpc) is 2.86. The Morgan fingerprint density at radius 3 is 2.39 bits per heavy atom. The van der Waals surface area contributed by atoms with Crippen molar-refractivity contribution in [3.8, 4) is 0 Å². The second-order valence-corrected chi connectivity index (χ2v) is 5.42. The summed E-state index contributed by atoms with van der Waals surface area (Å²) in [5, 5.41) is 9.50. The van der Waals surface area contributed by atoms with Gasteiger partial charge in [0.2, 0.25) is 5.91 Å². The first-order valence-electron chi connectivity index (χ1n) is 7.56. The van der Waals surface area contributed by atoms with E-state index in [-0.39, 0.29) is 17.9 Å². The molecule has 0 radical (unpaired) electrons. The molecular weight excluding hydrogens is 294 g/mol. The number of rotatable bonds is 5. The predicted molar refractivity (Wildman–Crippen MR) is 87.2 cm³/mol. The standard InChI is InChI=1S/C17H21N3O3/c1-5-15(21)19-14-8-6-13(7-9-14)10(2)18-17(22)16-11(3)20-23-12(16)4/h6-10H,5H2,1-4H3,(H,18,22)(H,19,21). The van der Waals surface area contributed by atoms with Crippen LogP contribution in [0.4, 0.5) is 5.69 Å². The molecule has 0 saturated heterocycles. The van der Waals surface area contributed by atoms with Crippen LogP contribution >= 0.6 is 0 Å². The lowest BCUT2D eigenvalue weighted by Gasteiger charge is -2.15. The third-order valence-electron chi connectivity index (χ3n) is 3.62. The van der Waals surface area contributed by atoms with Crippen molar-refractivity contribution in [2.45, 2.75) is 40.2 Å². The maximum Gasteiger partial charge on any atom is 0.257 e. The van der Waals surface area contributed by atoms with Crippen molar-refractivity contribution in [3.63, 3.8) is 0 Å². The number of amides is 2. The molecule has 1 aromatic carbocycles. The van der Waals surface area contributed by atoms with Gasteiger partial charge in [0.15, 0.2) is 0 Å². The van der Waals surface area contributed by atoms with Gasteiger partial charge in [-0.25, -0.2) is 0 Å². The Balaban J connectivity index is 2.04. The fraction of sp³-hybridized carbons (Fsp3) is 0.353. The number of hydrogen-bond donors (Lipinski definition) is 2. The second-order valence-electron chi connectivity index (χ2n) is 5.42.